The van der Waals surface area contributed by atoms with Gasteiger partial charge in [0.25, 0.3) is 0 Å². The van der Waals surface area contributed by atoms with E-state index in [-0.39, 0.29) is 23.9 Å². The van der Waals surface area contributed by atoms with Crippen molar-refractivity contribution in [3.8, 4) is 0 Å². The van der Waals surface area contributed by atoms with Crippen molar-refractivity contribution in [2.75, 3.05) is 6.54 Å². The van der Waals surface area contributed by atoms with Gasteiger partial charge in [0.15, 0.2) is 0 Å². The second-order valence-corrected chi connectivity index (χ2v) is 5.96. The van der Waals surface area contributed by atoms with Crippen molar-refractivity contribution in [2.24, 2.45) is 5.92 Å². The molecule has 0 spiro atoms. The molecule has 1 heterocycles. The number of amides is 1. The fourth-order valence-electron chi connectivity index (χ4n) is 3.07. The van der Waals surface area contributed by atoms with Gasteiger partial charge in [-0.25, -0.2) is 4.39 Å². The molecular formula is C16H21FN2O. The molecule has 0 aromatic heterocycles. The number of rotatable bonds is 4. The van der Waals surface area contributed by atoms with E-state index in [1.54, 1.807) is 6.07 Å². The van der Waals surface area contributed by atoms with E-state index in [4.69, 9.17) is 0 Å². The molecule has 4 heteroatoms. The third kappa shape index (κ3) is 2.57. The van der Waals surface area contributed by atoms with E-state index in [1.165, 1.54) is 31.4 Å². The molecule has 1 saturated carbocycles. The maximum Gasteiger partial charge on any atom is 0.241 e. The fourth-order valence-corrected chi connectivity index (χ4v) is 3.07. The van der Waals surface area contributed by atoms with Crippen molar-refractivity contribution < 1.29 is 9.18 Å². The third-order valence-corrected chi connectivity index (χ3v) is 4.54. The lowest BCUT2D eigenvalue weighted by Crippen LogP contribution is -2.33. The SMILES string of the molecule is CC1NC(c2cccc(F)c2)N(CCC2CCC2)C1=O. The average molecular weight is 276 g/mol. The van der Waals surface area contributed by atoms with E-state index < -0.39 is 0 Å². The quantitative estimate of drug-likeness (QED) is 0.917. The summed E-state index contributed by atoms with van der Waals surface area (Å²) in [5.41, 5.74) is 0.830. The summed E-state index contributed by atoms with van der Waals surface area (Å²) in [7, 11) is 0. The Balaban J connectivity index is 1.74. The van der Waals surface area contributed by atoms with Crippen LogP contribution < -0.4 is 5.32 Å². The molecule has 3 rings (SSSR count). The summed E-state index contributed by atoms with van der Waals surface area (Å²) >= 11 is 0. The molecule has 1 saturated heterocycles. The molecule has 1 aliphatic heterocycles. The Hall–Kier alpha value is -1.42. The standard InChI is InChI=1S/C16H21FN2O/c1-11-16(20)19(9-8-12-4-2-5-12)15(18-11)13-6-3-7-14(17)10-13/h3,6-7,10-12,15,18H,2,4-5,8-9H2,1H3. The van der Waals surface area contributed by atoms with Gasteiger partial charge in [0.2, 0.25) is 5.91 Å². The molecule has 0 bridgehead atoms. The molecule has 20 heavy (non-hydrogen) atoms. The van der Waals surface area contributed by atoms with Crippen LogP contribution in [0.3, 0.4) is 0 Å². The van der Waals surface area contributed by atoms with Crippen LogP contribution in [-0.2, 0) is 4.79 Å². The predicted octanol–water partition coefficient (Wildman–Crippen LogP) is 2.83. The number of halogens is 1. The second-order valence-electron chi connectivity index (χ2n) is 5.96. The highest BCUT2D eigenvalue weighted by Crippen LogP contribution is 2.32. The lowest BCUT2D eigenvalue weighted by molar-refractivity contribution is -0.130. The number of carbonyl (C=O) groups excluding carboxylic acids is 1. The molecule has 1 aromatic rings. The molecule has 0 radical (unpaired) electrons. The summed E-state index contributed by atoms with van der Waals surface area (Å²) in [6, 6.07) is 6.33. The van der Waals surface area contributed by atoms with Crippen molar-refractivity contribution in [3.63, 3.8) is 0 Å². The number of hydrogen-bond acceptors (Lipinski definition) is 2. The first-order valence-corrected chi connectivity index (χ1v) is 7.47. The Morgan fingerprint density at radius 2 is 2.20 bits per heavy atom. The highest BCUT2D eigenvalue weighted by atomic mass is 19.1. The van der Waals surface area contributed by atoms with Crippen LogP contribution >= 0.6 is 0 Å². The first kappa shape index (κ1) is 13.6. The van der Waals surface area contributed by atoms with Gasteiger partial charge in [-0.2, -0.15) is 0 Å². The van der Waals surface area contributed by atoms with Gasteiger partial charge >= 0.3 is 0 Å². The van der Waals surface area contributed by atoms with Crippen LogP contribution in [-0.4, -0.2) is 23.4 Å². The van der Waals surface area contributed by atoms with Gasteiger partial charge in [-0.1, -0.05) is 31.4 Å². The fraction of sp³-hybridized carbons (Fsp3) is 0.562. The van der Waals surface area contributed by atoms with Gasteiger partial charge in [-0.15, -0.1) is 0 Å². The van der Waals surface area contributed by atoms with Crippen molar-refractivity contribution in [1.82, 2.24) is 10.2 Å². The summed E-state index contributed by atoms with van der Waals surface area (Å²) < 4.78 is 13.4. The van der Waals surface area contributed by atoms with Crippen LogP contribution in [0.5, 0.6) is 0 Å². The van der Waals surface area contributed by atoms with Crippen LogP contribution in [0.15, 0.2) is 24.3 Å². The van der Waals surface area contributed by atoms with Crippen LogP contribution in [0.2, 0.25) is 0 Å². The first-order chi connectivity index (χ1) is 9.65. The molecule has 2 unspecified atom stereocenters. The Kier molecular flexibility index (Phi) is 3.74. The summed E-state index contributed by atoms with van der Waals surface area (Å²) in [6.45, 7) is 2.64. The third-order valence-electron chi connectivity index (χ3n) is 4.54. The number of carbonyl (C=O) groups is 1. The van der Waals surface area contributed by atoms with Crippen LogP contribution in [0.4, 0.5) is 4.39 Å². The lowest BCUT2D eigenvalue weighted by atomic mass is 9.83. The molecule has 1 amide bonds. The zero-order valence-electron chi connectivity index (χ0n) is 11.8. The maximum atomic E-state index is 13.4. The minimum Gasteiger partial charge on any atom is -0.322 e. The van der Waals surface area contributed by atoms with E-state index in [1.807, 2.05) is 17.9 Å². The first-order valence-electron chi connectivity index (χ1n) is 7.47. The normalized spacial score (nSPS) is 26.9. The zero-order chi connectivity index (χ0) is 14.1. The van der Waals surface area contributed by atoms with Crippen molar-refractivity contribution in [2.45, 2.75) is 44.8 Å². The van der Waals surface area contributed by atoms with Gasteiger partial charge < -0.3 is 4.90 Å². The molecule has 2 atom stereocenters. The summed E-state index contributed by atoms with van der Waals surface area (Å²) in [5.74, 6) is 0.640. The van der Waals surface area contributed by atoms with E-state index in [0.29, 0.717) is 0 Å². The molecule has 1 N–H and O–H groups in total. The smallest absolute Gasteiger partial charge is 0.241 e. The lowest BCUT2D eigenvalue weighted by Gasteiger charge is -2.30. The van der Waals surface area contributed by atoms with Gasteiger partial charge in [-0.3, -0.25) is 10.1 Å². The van der Waals surface area contributed by atoms with Crippen LogP contribution in [0.1, 0.15) is 44.3 Å². The van der Waals surface area contributed by atoms with E-state index in [0.717, 1.165) is 24.4 Å². The van der Waals surface area contributed by atoms with Gasteiger partial charge in [0.05, 0.1) is 6.04 Å². The Morgan fingerprint density at radius 3 is 2.85 bits per heavy atom. The van der Waals surface area contributed by atoms with Crippen molar-refractivity contribution in [1.29, 1.82) is 0 Å². The van der Waals surface area contributed by atoms with Gasteiger partial charge in [0.1, 0.15) is 12.0 Å². The van der Waals surface area contributed by atoms with Gasteiger partial charge in [0, 0.05) is 6.54 Å². The molecule has 2 fully saturated rings. The highest BCUT2D eigenvalue weighted by molar-refractivity contribution is 5.84. The van der Waals surface area contributed by atoms with E-state index >= 15 is 0 Å². The molecule has 108 valence electrons. The molecule has 3 nitrogen and oxygen atoms in total. The zero-order valence-corrected chi connectivity index (χ0v) is 11.8. The minimum atomic E-state index is -0.254. The van der Waals surface area contributed by atoms with E-state index in [9.17, 15) is 9.18 Å². The van der Waals surface area contributed by atoms with Crippen molar-refractivity contribution >= 4 is 5.91 Å². The Morgan fingerprint density at radius 1 is 1.40 bits per heavy atom. The van der Waals surface area contributed by atoms with Crippen LogP contribution in [0, 0.1) is 11.7 Å². The van der Waals surface area contributed by atoms with E-state index in [2.05, 4.69) is 5.32 Å². The molecule has 1 aromatic carbocycles. The van der Waals surface area contributed by atoms with Crippen molar-refractivity contribution in [3.05, 3.63) is 35.6 Å². The summed E-state index contributed by atoms with van der Waals surface area (Å²) in [5, 5.41) is 3.27. The minimum absolute atomic E-state index is 0.124. The van der Waals surface area contributed by atoms with Crippen LogP contribution in [0.25, 0.3) is 0 Å². The summed E-state index contributed by atoms with van der Waals surface area (Å²) in [4.78, 5) is 14.1. The average Bonchev–Trinajstić information content (AvgIpc) is 2.65. The number of benzene rings is 1. The number of hydrogen-bond donors (Lipinski definition) is 1. The summed E-state index contributed by atoms with van der Waals surface area (Å²) in [6.07, 6.45) is 4.77. The molecule has 2 aliphatic rings. The highest BCUT2D eigenvalue weighted by Gasteiger charge is 2.37. The topological polar surface area (TPSA) is 32.3 Å². The second kappa shape index (κ2) is 5.52. The largest absolute Gasteiger partial charge is 0.322 e. The predicted molar refractivity (Wildman–Crippen MR) is 75.4 cm³/mol. The monoisotopic (exact) mass is 276 g/mol. The molecular weight excluding hydrogens is 255 g/mol. The Bertz CT molecular complexity index is 501. The number of nitrogens with zero attached hydrogens (tertiary/aromatic N) is 1. The van der Waals surface area contributed by atoms with Gasteiger partial charge in [-0.05, 0) is 37.0 Å². The maximum absolute atomic E-state index is 13.4. The Labute approximate surface area is 119 Å². The molecule has 1 aliphatic carbocycles. The number of nitrogens with one attached hydrogen (secondary N) is 1.